The van der Waals surface area contributed by atoms with Crippen molar-refractivity contribution in [2.24, 2.45) is 0 Å². The van der Waals surface area contributed by atoms with Crippen molar-refractivity contribution in [2.45, 2.75) is 57.3 Å². The van der Waals surface area contributed by atoms with Crippen LogP contribution in [-0.2, 0) is 20.4 Å². The second-order valence-electron chi connectivity index (χ2n) is 12.4. The zero-order chi connectivity index (χ0) is 31.3. The molecular formula is C41H38N2O2. The molecule has 0 aromatic heterocycles. The maximum atomic E-state index is 15.9. The Morgan fingerprint density at radius 3 is 1.60 bits per heavy atom. The zero-order valence-corrected chi connectivity index (χ0v) is 26.1. The fraction of sp³-hybridized carbons (Fsp3) is 0.220. The molecule has 4 nitrogen and oxygen atoms in total. The predicted molar refractivity (Wildman–Crippen MR) is 183 cm³/mol. The van der Waals surface area contributed by atoms with E-state index in [4.69, 9.17) is 5.73 Å². The minimum atomic E-state index is -1.06. The normalized spacial score (nSPS) is 16.8. The fourth-order valence-corrected chi connectivity index (χ4v) is 8.34. The number of para-hydroxylation sites is 2. The number of imide groups is 1. The maximum Gasteiger partial charge on any atom is 0.249 e. The van der Waals surface area contributed by atoms with Crippen LogP contribution in [0.15, 0.2) is 115 Å². The number of carbonyl (C=O) groups is 2. The van der Waals surface area contributed by atoms with E-state index < -0.39 is 10.8 Å². The van der Waals surface area contributed by atoms with E-state index in [1.807, 2.05) is 54.6 Å². The molecule has 0 aliphatic heterocycles. The summed E-state index contributed by atoms with van der Waals surface area (Å²) in [6, 6.07) is 38.1. The summed E-state index contributed by atoms with van der Waals surface area (Å²) in [5.41, 5.74) is 14.5. The highest BCUT2D eigenvalue weighted by Gasteiger charge is 2.57. The first-order valence-electron chi connectivity index (χ1n) is 16.0. The van der Waals surface area contributed by atoms with Gasteiger partial charge in [0.25, 0.3) is 0 Å². The highest BCUT2D eigenvalue weighted by atomic mass is 16.2. The molecule has 45 heavy (non-hydrogen) atoms. The third-order valence-electron chi connectivity index (χ3n) is 10.0. The Bertz CT molecular complexity index is 1930. The lowest BCUT2D eigenvalue weighted by Gasteiger charge is -2.41. The molecule has 0 saturated heterocycles. The summed E-state index contributed by atoms with van der Waals surface area (Å²) in [6.45, 7) is 6.29. The van der Waals surface area contributed by atoms with Crippen molar-refractivity contribution in [3.8, 4) is 22.3 Å². The second kappa shape index (κ2) is 10.9. The zero-order valence-electron chi connectivity index (χ0n) is 26.1. The summed E-state index contributed by atoms with van der Waals surface area (Å²) in [5, 5.41) is 0. The smallest absolute Gasteiger partial charge is 0.249 e. The number of nitrogen functional groups attached to an aromatic ring is 1. The summed E-state index contributed by atoms with van der Waals surface area (Å²) < 4.78 is 0. The van der Waals surface area contributed by atoms with E-state index in [-0.39, 0.29) is 11.8 Å². The van der Waals surface area contributed by atoms with E-state index in [0.29, 0.717) is 24.2 Å². The third-order valence-corrected chi connectivity index (χ3v) is 10.0. The molecule has 0 spiro atoms. The van der Waals surface area contributed by atoms with Gasteiger partial charge in [0, 0.05) is 0 Å². The van der Waals surface area contributed by atoms with Gasteiger partial charge in [-0.1, -0.05) is 130 Å². The van der Waals surface area contributed by atoms with Crippen LogP contribution < -0.4 is 10.6 Å². The SMILES string of the molecule is CCCC1(C(=O)N(C(=O)C2(CCC)c3ccccc3-c3cccc(C)c32)c2ccccc2N)c2ccccc2-c2ccccc21. The monoisotopic (exact) mass is 590 g/mol. The molecule has 0 heterocycles. The van der Waals surface area contributed by atoms with Gasteiger partial charge in [0.2, 0.25) is 11.8 Å². The Morgan fingerprint density at radius 1 is 0.578 bits per heavy atom. The summed E-state index contributed by atoms with van der Waals surface area (Å²) in [7, 11) is 0. The Kier molecular flexibility index (Phi) is 6.96. The molecule has 7 rings (SSSR count). The number of anilines is 2. The Labute approximate surface area is 265 Å². The molecule has 5 aromatic rings. The van der Waals surface area contributed by atoms with Crippen LogP contribution in [0.4, 0.5) is 11.4 Å². The number of nitrogens with zero attached hydrogens (tertiary/aromatic N) is 1. The third kappa shape index (κ3) is 3.91. The molecule has 0 radical (unpaired) electrons. The number of fused-ring (bicyclic) bond motifs is 6. The Hall–Kier alpha value is -4.96. The van der Waals surface area contributed by atoms with Crippen molar-refractivity contribution in [2.75, 3.05) is 10.6 Å². The molecular weight excluding hydrogens is 552 g/mol. The lowest BCUT2D eigenvalue weighted by atomic mass is 9.70. The quantitative estimate of drug-likeness (QED) is 0.152. The average molecular weight is 591 g/mol. The lowest BCUT2D eigenvalue weighted by molar-refractivity contribution is -0.131. The molecule has 224 valence electrons. The van der Waals surface area contributed by atoms with E-state index in [1.54, 1.807) is 6.07 Å². The number of rotatable bonds is 7. The summed E-state index contributed by atoms with van der Waals surface area (Å²) >= 11 is 0. The fourth-order valence-electron chi connectivity index (χ4n) is 8.34. The molecule has 0 fully saturated rings. The number of hydrogen-bond acceptors (Lipinski definition) is 3. The number of aryl methyl sites for hydroxylation is 1. The molecule has 0 bridgehead atoms. The predicted octanol–water partition coefficient (Wildman–Crippen LogP) is 8.97. The highest BCUT2D eigenvalue weighted by molar-refractivity contribution is 6.26. The van der Waals surface area contributed by atoms with Crippen molar-refractivity contribution in [1.29, 1.82) is 0 Å². The van der Waals surface area contributed by atoms with E-state index >= 15 is 9.59 Å². The largest absolute Gasteiger partial charge is 0.397 e. The molecule has 4 heteroatoms. The van der Waals surface area contributed by atoms with Gasteiger partial charge < -0.3 is 5.73 Å². The minimum Gasteiger partial charge on any atom is -0.397 e. The van der Waals surface area contributed by atoms with Gasteiger partial charge in [-0.25, -0.2) is 4.90 Å². The van der Waals surface area contributed by atoms with Gasteiger partial charge in [0.15, 0.2) is 0 Å². The van der Waals surface area contributed by atoms with Gasteiger partial charge in [-0.2, -0.15) is 0 Å². The van der Waals surface area contributed by atoms with Crippen LogP contribution >= 0.6 is 0 Å². The first-order valence-corrected chi connectivity index (χ1v) is 16.0. The van der Waals surface area contributed by atoms with E-state index in [2.05, 4.69) is 75.4 Å². The van der Waals surface area contributed by atoms with Crippen LogP contribution in [0.5, 0.6) is 0 Å². The van der Waals surface area contributed by atoms with Crippen LogP contribution in [0, 0.1) is 6.92 Å². The molecule has 5 aromatic carbocycles. The van der Waals surface area contributed by atoms with Gasteiger partial charge in [0.05, 0.1) is 11.4 Å². The minimum absolute atomic E-state index is 0.245. The van der Waals surface area contributed by atoms with Gasteiger partial charge in [0.1, 0.15) is 10.8 Å². The van der Waals surface area contributed by atoms with Crippen molar-refractivity contribution in [3.05, 3.63) is 143 Å². The van der Waals surface area contributed by atoms with Crippen LogP contribution in [0.1, 0.15) is 67.3 Å². The number of carbonyl (C=O) groups excluding carboxylic acids is 2. The first-order chi connectivity index (χ1) is 21.9. The molecule has 2 N–H and O–H groups in total. The topological polar surface area (TPSA) is 63.4 Å². The van der Waals surface area contributed by atoms with Gasteiger partial charge in [-0.15, -0.1) is 0 Å². The molecule has 2 aliphatic rings. The summed E-state index contributed by atoms with van der Waals surface area (Å²) in [4.78, 5) is 33.2. The summed E-state index contributed by atoms with van der Waals surface area (Å²) in [6.07, 6.45) is 2.63. The van der Waals surface area contributed by atoms with Gasteiger partial charge in [-0.3, -0.25) is 9.59 Å². The van der Waals surface area contributed by atoms with Crippen LogP contribution in [-0.4, -0.2) is 11.8 Å². The summed E-state index contributed by atoms with van der Waals surface area (Å²) in [5.74, 6) is -0.496. The maximum absolute atomic E-state index is 15.9. The Morgan fingerprint density at radius 2 is 1.02 bits per heavy atom. The number of nitrogens with two attached hydrogens (primary N) is 1. The van der Waals surface area contributed by atoms with Crippen LogP contribution in [0.25, 0.3) is 22.3 Å². The van der Waals surface area contributed by atoms with E-state index in [1.165, 1.54) is 4.90 Å². The van der Waals surface area contributed by atoms with Gasteiger partial charge in [-0.05, 0) is 82.0 Å². The molecule has 2 aliphatic carbocycles. The van der Waals surface area contributed by atoms with Crippen molar-refractivity contribution >= 4 is 23.2 Å². The first kappa shape index (κ1) is 28.8. The van der Waals surface area contributed by atoms with Crippen LogP contribution in [0.2, 0.25) is 0 Å². The van der Waals surface area contributed by atoms with Crippen LogP contribution in [0.3, 0.4) is 0 Å². The van der Waals surface area contributed by atoms with E-state index in [0.717, 1.165) is 62.9 Å². The molecule has 1 atom stereocenters. The second-order valence-corrected chi connectivity index (χ2v) is 12.4. The van der Waals surface area contributed by atoms with Crippen molar-refractivity contribution in [1.82, 2.24) is 0 Å². The van der Waals surface area contributed by atoms with Gasteiger partial charge >= 0.3 is 0 Å². The number of amides is 2. The van der Waals surface area contributed by atoms with E-state index in [9.17, 15) is 0 Å². The van der Waals surface area contributed by atoms with Crippen molar-refractivity contribution < 1.29 is 9.59 Å². The standard InChI is InChI=1S/C41H38N2O2/c1-4-25-40(32-20-9-6-16-28(32)29-17-7-10-21-33(29)40)38(44)43(36-24-13-12-23-35(36)42)39(45)41(26-5-2)34-22-11-8-18-30(34)31-19-14-15-27(3)37(31)41/h6-24H,4-5,25-26,42H2,1-3H3. The number of hydrogen-bond donors (Lipinski definition) is 1. The average Bonchev–Trinajstić information content (AvgIpc) is 3.52. The van der Waals surface area contributed by atoms with Crippen molar-refractivity contribution in [3.63, 3.8) is 0 Å². The lowest BCUT2D eigenvalue weighted by Crippen LogP contribution is -2.56. The number of benzene rings is 5. The molecule has 1 unspecified atom stereocenters. The molecule has 2 amide bonds. The molecule has 0 saturated carbocycles. The highest BCUT2D eigenvalue weighted by Crippen LogP contribution is 2.56. The Balaban J connectivity index is 1.54.